The van der Waals surface area contributed by atoms with Crippen LogP contribution in [0.5, 0.6) is 11.5 Å². The Labute approximate surface area is 229 Å². The second kappa shape index (κ2) is 14.2. The van der Waals surface area contributed by atoms with E-state index in [0.29, 0.717) is 26.3 Å². The van der Waals surface area contributed by atoms with Crippen LogP contribution in [-0.2, 0) is 22.4 Å². The second-order valence-corrected chi connectivity index (χ2v) is 9.76. The van der Waals surface area contributed by atoms with E-state index in [-0.39, 0.29) is 11.8 Å². The maximum absolute atomic E-state index is 11.2. The largest absolute Gasteiger partial charge is 0.494 e. The average Bonchev–Trinajstić information content (AvgIpc) is 3.32. The molecule has 0 atom stereocenters. The normalized spacial score (nSPS) is 11.0. The summed E-state index contributed by atoms with van der Waals surface area (Å²) in [5.41, 5.74) is 3.15. The number of ether oxygens (including phenoxy) is 2. The molecule has 0 aliphatic rings. The molecule has 39 heavy (non-hydrogen) atoms. The molecule has 8 heteroatoms. The molecular weight excluding hydrogens is 492 g/mol. The van der Waals surface area contributed by atoms with Gasteiger partial charge in [0.15, 0.2) is 0 Å². The van der Waals surface area contributed by atoms with Gasteiger partial charge in [-0.05, 0) is 78.6 Å². The van der Waals surface area contributed by atoms with Gasteiger partial charge in [0.05, 0.1) is 19.4 Å². The lowest BCUT2D eigenvalue weighted by Gasteiger charge is -2.11. The van der Waals surface area contributed by atoms with Crippen LogP contribution in [0.4, 0.5) is 0 Å². The van der Waals surface area contributed by atoms with Crippen molar-refractivity contribution in [1.82, 2.24) is 20.6 Å². The van der Waals surface area contributed by atoms with E-state index in [0.717, 1.165) is 66.6 Å². The highest BCUT2D eigenvalue weighted by Crippen LogP contribution is 2.25. The summed E-state index contributed by atoms with van der Waals surface area (Å²) in [6, 6.07) is 14.5. The quantitative estimate of drug-likeness (QED) is 0.186. The van der Waals surface area contributed by atoms with Crippen molar-refractivity contribution in [3.05, 3.63) is 66.0 Å². The molecule has 0 fully saturated rings. The van der Waals surface area contributed by atoms with Crippen LogP contribution in [0, 0.1) is 0 Å². The summed E-state index contributed by atoms with van der Waals surface area (Å²) in [4.78, 5) is 29.9. The number of benzene rings is 2. The fourth-order valence-corrected chi connectivity index (χ4v) is 4.63. The lowest BCUT2D eigenvalue weighted by Crippen LogP contribution is -2.22. The predicted octanol–water partition coefficient (Wildman–Crippen LogP) is 5.09. The maximum Gasteiger partial charge on any atom is 0.216 e. The lowest BCUT2D eigenvalue weighted by atomic mass is 10.0. The predicted molar refractivity (Wildman–Crippen MR) is 154 cm³/mol. The number of carbonyl (C=O) groups excluding carboxylic acids is 2. The first-order chi connectivity index (χ1) is 19.0. The number of aromatic nitrogens is 2. The molecule has 2 aromatic heterocycles. The third kappa shape index (κ3) is 8.46. The van der Waals surface area contributed by atoms with Gasteiger partial charge in [0.1, 0.15) is 17.1 Å². The van der Waals surface area contributed by atoms with Crippen molar-refractivity contribution in [2.75, 3.05) is 26.3 Å². The standard InChI is InChI=1S/C31H38N4O4/c1-22(36)32-14-12-25-9-7-8-24-10-11-27(18-29(24)25)38-16-5-3-4-6-17-39-28-19-30-26(13-15-33-23(2)37)20-34-31(30)35-21-28/h7-11,18-21H,3-6,12-17H2,1-2H3,(H,32,36)(H,33,37)(H,34,35). The van der Waals surface area contributed by atoms with E-state index in [1.165, 1.54) is 23.3 Å². The zero-order chi connectivity index (χ0) is 27.5. The SMILES string of the molecule is CC(=O)NCCc1cccc2ccc(OCCCCCCOc3cnc4[nH]cc(CCNC(C)=O)c4c3)cc12. The number of nitrogens with one attached hydrogen (secondary N) is 3. The molecule has 0 saturated heterocycles. The van der Waals surface area contributed by atoms with Gasteiger partial charge in [-0.3, -0.25) is 9.59 Å². The molecule has 4 rings (SSSR count). The highest BCUT2D eigenvalue weighted by molar-refractivity contribution is 5.87. The molecule has 2 aromatic carbocycles. The minimum atomic E-state index is -0.0255. The summed E-state index contributed by atoms with van der Waals surface area (Å²) < 4.78 is 12.0. The van der Waals surface area contributed by atoms with Crippen LogP contribution in [0.1, 0.15) is 50.7 Å². The summed E-state index contributed by atoms with van der Waals surface area (Å²) >= 11 is 0. The van der Waals surface area contributed by atoms with Crippen LogP contribution in [0.15, 0.2) is 54.9 Å². The summed E-state index contributed by atoms with van der Waals surface area (Å²) in [6.45, 7) is 5.61. The van der Waals surface area contributed by atoms with Crippen LogP contribution in [0.25, 0.3) is 21.8 Å². The molecule has 0 aliphatic heterocycles. The summed E-state index contributed by atoms with van der Waals surface area (Å²) in [6.07, 6.45) is 9.31. The van der Waals surface area contributed by atoms with Crippen LogP contribution < -0.4 is 20.1 Å². The lowest BCUT2D eigenvalue weighted by molar-refractivity contribution is -0.119. The number of nitrogens with zero attached hydrogens (tertiary/aromatic N) is 1. The van der Waals surface area contributed by atoms with Gasteiger partial charge in [-0.15, -0.1) is 0 Å². The number of carbonyl (C=O) groups is 2. The average molecular weight is 531 g/mol. The molecule has 3 N–H and O–H groups in total. The Morgan fingerprint density at radius 3 is 2.18 bits per heavy atom. The minimum Gasteiger partial charge on any atom is -0.494 e. The molecule has 0 bridgehead atoms. The summed E-state index contributed by atoms with van der Waals surface area (Å²) in [5, 5.41) is 9.07. The Morgan fingerprint density at radius 2 is 1.46 bits per heavy atom. The molecule has 2 amide bonds. The highest BCUT2D eigenvalue weighted by atomic mass is 16.5. The van der Waals surface area contributed by atoms with Crippen molar-refractivity contribution in [3.8, 4) is 11.5 Å². The number of fused-ring (bicyclic) bond motifs is 2. The topological polar surface area (TPSA) is 105 Å². The third-order valence-electron chi connectivity index (χ3n) is 6.65. The Balaban J connectivity index is 1.15. The van der Waals surface area contributed by atoms with E-state index < -0.39 is 0 Å². The highest BCUT2D eigenvalue weighted by Gasteiger charge is 2.08. The number of rotatable bonds is 15. The fourth-order valence-electron chi connectivity index (χ4n) is 4.63. The first-order valence-electron chi connectivity index (χ1n) is 13.7. The molecule has 2 heterocycles. The summed E-state index contributed by atoms with van der Waals surface area (Å²) in [5.74, 6) is 1.61. The Hall–Kier alpha value is -4.07. The Kier molecular flexibility index (Phi) is 10.2. The van der Waals surface area contributed by atoms with Gasteiger partial charge in [-0.1, -0.05) is 24.3 Å². The Bertz CT molecular complexity index is 1400. The molecular formula is C31H38N4O4. The molecule has 4 aromatic rings. The van der Waals surface area contributed by atoms with Gasteiger partial charge in [0.2, 0.25) is 11.8 Å². The third-order valence-corrected chi connectivity index (χ3v) is 6.65. The van der Waals surface area contributed by atoms with Crippen molar-refractivity contribution in [3.63, 3.8) is 0 Å². The maximum atomic E-state index is 11.2. The van der Waals surface area contributed by atoms with Crippen LogP contribution in [0.3, 0.4) is 0 Å². The van der Waals surface area contributed by atoms with Gasteiger partial charge >= 0.3 is 0 Å². The molecule has 0 saturated carbocycles. The van der Waals surface area contributed by atoms with Gasteiger partial charge in [-0.25, -0.2) is 4.98 Å². The first-order valence-corrected chi connectivity index (χ1v) is 13.7. The monoisotopic (exact) mass is 530 g/mol. The van der Waals surface area contributed by atoms with Crippen molar-refractivity contribution in [1.29, 1.82) is 0 Å². The van der Waals surface area contributed by atoms with Gasteiger partial charge < -0.3 is 25.1 Å². The minimum absolute atomic E-state index is 0.00813. The fraction of sp³-hybridized carbons (Fsp3) is 0.387. The number of hydrogen-bond acceptors (Lipinski definition) is 5. The number of aromatic amines is 1. The van der Waals surface area contributed by atoms with E-state index >= 15 is 0 Å². The smallest absolute Gasteiger partial charge is 0.216 e. The molecule has 206 valence electrons. The van der Waals surface area contributed by atoms with Crippen LogP contribution >= 0.6 is 0 Å². The Morgan fingerprint density at radius 1 is 0.795 bits per heavy atom. The van der Waals surface area contributed by atoms with E-state index in [1.807, 2.05) is 18.3 Å². The van der Waals surface area contributed by atoms with E-state index in [2.05, 4.69) is 50.9 Å². The molecule has 0 spiro atoms. The number of amides is 2. The van der Waals surface area contributed by atoms with E-state index in [4.69, 9.17) is 9.47 Å². The van der Waals surface area contributed by atoms with Crippen LogP contribution in [-0.4, -0.2) is 48.1 Å². The second-order valence-electron chi connectivity index (χ2n) is 9.76. The number of hydrogen-bond donors (Lipinski definition) is 3. The van der Waals surface area contributed by atoms with Crippen molar-refractivity contribution in [2.45, 2.75) is 52.4 Å². The number of pyridine rings is 1. The molecule has 8 nitrogen and oxygen atoms in total. The zero-order valence-electron chi connectivity index (χ0n) is 22.8. The van der Waals surface area contributed by atoms with Crippen molar-refractivity contribution in [2.24, 2.45) is 0 Å². The molecule has 0 unspecified atom stereocenters. The zero-order valence-corrected chi connectivity index (χ0v) is 22.8. The van der Waals surface area contributed by atoms with Gasteiger partial charge in [-0.2, -0.15) is 0 Å². The van der Waals surface area contributed by atoms with E-state index in [1.54, 1.807) is 13.1 Å². The summed E-state index contributed by atoms with van der Waals surface area (Å²) in [7, 11) is 0. The van der Waals surface area contributed by atoms with Gasteiger partial charge in [0.25, 0.3) is 0 Å². The van der Waals surface area contributed by atoms with Crippen LogP contribution in [0.2, 0.25) is 0 Å². The molecule has 0 aliphatic carbocycles. The number of H-pyrrole nitrogens is 1. The first kappa shape index (κ1) is 28.0. The van der Waals surface area contributed by atoms with Crippen molar-refractivity contribution < 1.29 is 19.1 Å². The van der Waals surface area contributed by atoms with Crippen molar-refractivity contribution >= 4 is 33.6 Å². The van der Waals surface area contributed by atoms with Gasteiger partial charge in [0, 0.05) is 38.5 Å². The molecule has 0 radical (unpaired) electrons. The van der Waals surface area contributed by atoms with E-state index in [9.17, 15) is 9.59 Å². The number of unbranched alkanes of at least 4 members (excludes halogenated alkanes) is 3.